The van der Waals surface area contributed by atoms with E-state index in [4.69, 9.17) is 0 Å². The van der Waals surface area contributed by atoms with Crippen LogP contribution in [0.5, 0.6) is 0 Å². The summed E-state index contributed by atoms with van der Waals surface area (Å²) >= 11 is 0. The van der Waals surface area contributed by atoms with Gasteiger partial charge in [0.15, 0.2) is 0 Å². The molecule has 19 heavy (non-hydrogen) atoms. The van der Waals surface area contributed by atoms with Gasteiger partial charge in [0.05, 0.1) is 5.70 Å². The molecule has 0 unspecified atom stereocenters. The second-order valence-electron chi connectivity index (χ2n) is 5.65. The first-order valence-corrected chi connectivity index (χ1v) is 7.01. The van der Waals surface area contributed by atoms with E-state index in [1.54, 1.807) is 0 Å². The first-order valence-electron chi connectivity index (χ1n) is 7.01. The van der Waals surface area contributed by atoms with E-state index in [0.717, 1.165) is 31.4 Å². The summed E-state index contributed by atoms with van der Waals surface area (Å²) in [6, 6.07) is 4.42. The molecule has 0 radical (unpaired) electrons. The molecule has 0 aromatic heterocycles. The Morgan fingerprint density at radius 3 is 2.79 bits per heavy atom. The highest BCUT2D eigenvalue weighted by atomic mass is 16.2. The molecule has 1 saturated carbocycles. The normalized spacial score (nSPS) is 17.5. The standard InChI is InChI=1S/C16H20N2O/c1-10-8-11(2)13-4-3-5-15(14(13)9-10)17-18-16(19)12-6-7-12/h5,8-9,12,17H,3-4,6-7H2,1-2H3,(H,18,19). The Bertz CT molecular complexity index is 556. The Morgan fingerprint density at radius 2 is 2.05 bits per heavy atom. The molecule has 0 heterocycles. The minimum Gasteiger partial charge on any atom is -0.298 e. The highest BCUT2D eigenvalue weighted by Crippen LogP contribution is 2.30. The van der Waals surface area contributed by atoms with Crippen molar-refractivity contribution in [1.29, 1.82) is 0 Å². The third kappa shape index (κ3) is 2.50. The number of aryl methyl sites for hydroxylation is 2. The molecule has 0 spiro atoms. The van der Waals surface area contributed by atoms with E-state index in [9.17, 15) is 4.79 Å². The topological polar surface area (TPSA) is 41.1 Å². The number of nitrogens with one attached hydrogen (secondary N) is 2. The number of rotatable bonds is 3. The van der Waals surface area contributed by atoms with Crippen molar-refractivity contribution in [2.75, 3.05) is 0 Å². The number of fused-ring (bicyclic) bond motifs is 1. The molecule has 2 aliphatic rings. The van der Waals surface area contributed by atoms with E-state index in [-0.39, 0.29) is 11.8 Å². The van der Waals surface area contributed by atoms with Crippen molar-refractivity contribution in [2.24, 2.45) is 5.92 Å². The Kier molecular flexibility index (Phi) is 3.05. The van der Waals surface area contributed by atoms with Crippen LogP contribution in [0.3, 0.4) is 0 Å². The molecule has 0 atom stereocenters. The maximum absolute atomic E-state index is 11.7. The molecular weight excluding hydrogens is 236 g/mol. The summed E-state index contributed by atoms with van der Waals surface area (Å²) in [6.45, 7) is 4.28. The van der Waals surface area contributed by atoms with Crippen LogP contribution < -0.4 is 10.9 Å². The number of carbonyl (C=O) groups is 1. The third-order valence-electron chi connectivity index (χ3n) is 3.92. The van der Waals surface area contributed by atoms with Gasteiger partial charge in [0, 0.05) is 11.5 Å². The van der Waals surface area contributed by atoms with Crippen molar-refractivity contribution in [3.05, 3.63) is 40.5 Å². The van der Waals surface area contributed by atoms with Gasteiger partial charge in [-0.1, -0.05) is 17.7 Å². The minimum atomic E-state index is 0.123. The molecule has 1 aromatic carbocycles. The van der Waals surface area contributed by atoms with Gasteiger partial charge in [-0.2, -0.15) is 0 Å². The van der Waals surface area contributed by atoms with Crippen LogP contribution in [-0.2, 0) is 11.2 Å². The fourth-order valence-corrected chi connectivity index (χ4v) is 2.74. The Balaban J connectivity index is 1.79. The molecule has 3 nitrogen and oxygen atoms in total. The van der Waals surface area contributed by atoms with Gasteiger partial charge in [-0.3, -0.25) is 15.6 Å². The summed E-state index contributed by atoms with van der Waals surface area (Å²) in [7, 11) is 0. The van der Waals surface area contributed by atoms with Crippen molar-refractivity contribution < 1.29 is 4.79 Å². The Hall–Kier alpha value is -1.77. The fourth-order valence-electron chi connectivity index (χ4n) is 2.74. The lowest BCUT2D eigenvalue weighted by Gasteiger charge is -2.22. The largest absolute Gasteiger partial charge is 0.298 e. The van der Waals surface area contributed by atoms with Crippen LogP contribution in [0.1, 0.15) is 41.5 Å². The monoisotopic (exact) mass is 256 g/mol. The minimum absolute atomic E-state index is 0.123. The van der Waals surface area contributed by atoms with E-state index in [1.165, 1.54) is 22.3 Å². The first kappa shape index (κ1) is 12.3. The smallest absolute Gasteiger partial charge is 0.241 e. The molecule has 1 amide bonds. The van der Waals surface area contributed by atoms with Crippen LogP contribution in [0, 0.1) is 19.8 Å². The van der Waals surface area contributed by atoms with Crippen molar-refractivity contribution in [2.45, 2.75) is 39.5 Å². The van der Waals surface area contributed by atoms with E-state index >= 15 is 0 Å². The number of hydrazine groups is 1. The quantitative estimate of drug-likeness (QED) is 0.816. The molecule has 0 bridgehead atoms. The zero-order valence-electron chi connectivity index (χ0n) is 11.5. The molecule has 1 aromatic rings. The maximum atomic E-state index is 11.7. The summed E-state index contributed by atoms with van der Waals surface area (Å²) in [5.41, 5.74) is 12.2. The van der Waals surface area contributed by atoms with Gasteiger partial charge in [-0.05, 0) is 56.7 Å². The lowest BCUT2D eigenvalue weighted by atomic mass is 9.89. The van der Waals surface area contributed by atoms with Gasteiger partial charge in [0.25, 0.3) is 0 Å². The summed E-state index contributed by atoms with van der Waals surface area (Å²) < 4.78 is 0. The average molecular weight is 256 g/mol. The lowest BCUT2D eigenvalue weighted by molar-refractivity contribution is -0.122. The Labute approximate surface area is 114 Å². The van der Waals surface area contributed by atoms with Gasteiger partial charge in [-0.25, -0.2) is 0 Å². The van der Waals surface area contributed by atoms with Crippen LogP contribution in [0.15, 0.2) is 18.2 Å². The van der Waals surface area contributed by atoms with Gasteiger partial charge in [0.2, 0.25) is 5.91 Å². The molecular formula is C16H20N2O. The van der Waals surface area contributed by atoms with Crippen molar-refractivity contribution >= 4 is 11.6 Å². The molecule has 2 N–H and O–H groups in total. The molecule has 3 rings (SSSR count). The summed E-state index contributed by atoms with van der Waals surface area (Å²) in [5.74, 6) is 0.354. The van der Waals surface area contributed by atoms with E-state index in [2.05, 4.69) is 42.9 Å². The number of hydrogen-bond acceptors (Lipinski definition) is 2. The summed E-state index contributed by atoms with van der Waals surface area (Å²) in [5, 5.41) is 0. The van der Waals surface area contributed by atoms with E-state index in [0.29, 0.717) is 0 Å². The van der Waals surface area contributed by atoms with Gasteiger partial charge >= 0.3 is 0 Å². The second-order valence-corrected chi connectivity index (χ2v) is 5.65. The number of benzene rings is 1. The zero-order chi connectivity index (χ0) is 13.4. The molecule has 0 saturated heterocycles. The second kappa shape index (κ2) is 4.72. The van der Waals surface area contributed by atoms with Crippen LogP contribution in [0.4, 0.5) is 0 Å². The number of hydrogen-bond donors (Lipinski definition) is 2. The number of amides is 1. The maximum Gasteiger partial charge on any atom is 0.241 e. The lowest BCUT2D eigenvalue weighted by Crippen LogP contribution is -2.37. The van der Waals surface area contributed by atoms with Gasteiger partial charge in [-0.15, -0.1) is 0 Å². The molecule has 100 valence electrons. The number of allylic oxidation sites excluding steroid dienone is 1. The van der Waals surface area contributed by atoms with E-state index in [1.807, 2.05) is 0 Å². The van der Waals surface area contributed by atoms with Crippen LogP contribution in [0.25, 0.3) is 5.70 Å². The van der Waals surface area contributed by atoms with Crippen molar-refractivity contribution in [1.82, 2.24) is 10.9 Å². The first-order chi connectivity index (χ1) is 9.15. The Morgan fingerprint density at radius 1 is 1.26 bits per heavy atom. The van der Waals surface area contributed by atoms with Gasteiger partial charge in [0.1, 0.15) is 0 Å². The van der Waals surface area contributed by atoms with Crippen molar-refractivity contribution in [3.63, 3.8) is 0 Å². The van der Waals surface area contributed by atoms with Crippen molar-refractivity contribution in [3.8, 4) is 0 Å². The fraction of sp³-hybridized carbons (Fsp3) is 0.438. The number of carbonyl (C=O) groups excluding carboxylic acids is 1. The molecule has 1 fully saturated rings. The van der Waals surface area contributed by atoms with Gasteiger partial charge < -0.3 is 0 Å². The molecule has 3 heteroatoms. The predicted octanol–water partition coefficient (Wildman–Crippen LogP) is 2.62. The van der Waals surface area contributed by atoms with Crippen LogP contribution >= 0.6 is 0 Å². The average Bonchev–Trinajstić information content (AvgIpc) is 3.20. The van der Waals surface area contributed by atoms with Crippen LogP contribution in [0.2, 0.25) is 0 Å². The molecule has 2 aliphatic carbocycles. The van der Waals surface area contributed by atoms with Crippen LogP contribution in [-0.4, -0.2) is 5.91 Å². The zero-order valence-corrected chi connectivity index (χ0v) is 11.5. The predicted molar refractivity (Wildman–Crippen MR) is 76.2 cm³/mol. The highest BCUT2D eigenvalue weighted by Gasteiger charge is 2.29. The highest BCUT2D eigenvalue weighted by molar-refractivity contribution is 5.82. The summed E-state index contributed by atoms with van der Waals surface area (Å²) in [4.78, 5) is 11.7. The SMILES string of the molecule is Cc1cc(C)c2c(c1)C(NNC(=O)C1CC1)=CCC2. The summed E-state index contributed by atoms with van der Waals surface area (Å²) in [6.07, 6.45) is 6.35. The third-order valence-corrected chi connectivity index (χ3v) is 3.92. The molecule has 0 aliphatic heterocycles. The van der Waals surface area contributed by atoms with E-state index < -0.39 is 0 Å².